The van der Waals surface area contributed by atoms with E-state index < -0.39 is 5.97 Å². The van der Waals surface area contributed by atoms with Crippen molar-refractivity contribution < 1.29 is 9.53 Å². The van der Waals surface area contributed by atoms with E-state index in [9.17, 15) is 4.79 Å². The van der Waals surface area contributed by atoms with Gasteiger partial charge in [-0.15, -0.1) is 11.3 Å². The highest BCUT2D eigenvalue weighted by atomic mass is 32.1. The number of ether oxygens (including phenoxy) is 1. The molecule has 0 saturated carbocycles. The largest absolute Gasteiger partial charge is 0.465 e. The van der Waals surface area contributed by atoms with Crippen molar-refractivity contribution >= 4 is 17.3 Å². The summed E-state index contributed by atoms with van der Waals surface area (Å²) in [6, 6.07) is 1.94. The molecule has 0 aromatic carbocycles. The Bertz CT molecular complexity index is 348. The third-order valence-corrected chi connectivity index (χ3v) is 2.44. The van der Waals surface area contributed by atoms with Gasteiger partial charge in [0, 0.05) is 0 Å². The van der Waals surface area contributed by atoms with Crippen LogP contribution in [-0.2, 0) is 4.74 Å². The molecule has 1 aromatic rings. The third kappa shape index (κ3) is 1.31. The topological polar surface area (TPSA) is 50.1 Å². The number of esters is 1. The van der Waals surface area contributed by atoms with Gasteiger partial charge < -0.3 is 4.74 Å². The van der Waals surface area contributed by atoms with Crippen LogP contribution in [-0.4, -0.2) is 13.1 Å². The van der Waals surface area contributed by atoms with Crippen molar-refractivity contribution in [2.45, 2.75) is 6.92 Å². The summed E-state index contributed by atoms with van der Waals surface area (Å²) in [4.78, 5) is 11.5. The first-order valence-electron chi connectivity index (χ1n) is 3.20. The first-order valence-corrected chi connectivity index (χ1v) is 4.01. The number of hydrogen-bond acceptors (Lipinski definition) is 4. The maximum atomic E-state index is 11.0. The second-order valence-corrected chi connectivity index (χ2v) is 2.95. The van der Waals surface area contributed by atoms with Crippen LogP contribution in [0.4, 0.5) is 0 Å². The average molecular weight is 180 g/mol. The lowest BCUT2D eigenvalue weighted by Crippen LogP contribution is -1.99. The van der Waals surface area contributed by atoms with Crippen molar-refractivity contribution in [3.63, 3.8) is 0 Å². The Hall–Kier alpha value is -1.34. The van der Waals surface area contributed by atoms with Crippen LogP contribution >= 0.6 is 11.3 Å². The van der Waals surface area contributed by atoms with E-state index in [4.69, 9.17) is 5.26 Å². The summed E-state index contributed by atoms with van der Waals surface area (Å²) in [5, 5.41) is 11.3. The molecule has 0 aliphatic heterocycles. The Morgan fingerprint density at radius 1 is 1.75 bits per heavy atom. The standard InChI is InChI=1S/C8H6NO2S/c1-5-6(3-9)4-12-7(5)8(10)11-2/h1-2H3. The lowest BCUT2D eigenvalue weighted by Gasteiger charge is -1.95. The molecule has 61 valence electrons. The van der Waals surface area contributed by atoms with Crippen molar-refractivity contribution in [2.24, 2.45) is 0 Å². The number of rotatable bonds is 1. The van der Waals surface area contributed by atoms with Gasteiger partial charge in [-0.2, -0.15) is 5.26 Å². The Kier molecular flexibility index (Phi) is 2.46. The van der Waals surface area contributed by atoms with Crippen LogP contribution < -0.4 is 0 Å². The predicted molar refractivity (Wildman–Crippen MR) is 43.9 cm³/mol. The maximum absolute atomic E-state index is 11.0. The Balaban J connectivity index is 3.12. The second-order valence-electron chi connectivity index (χ2n) is 2.14. The molecule has 1 radical (unpaired) electrons. The Morgan fingerprint density at radius 3 is 2.83 bits per heavy atom. The normalized spacial score (nSPS) is 9.08. The van der Waals surface area contributed by atoms with E-state index in [1.165, 1.54) is 7.11 Å². The van der Waals surface area contributed by atoms with E-state index in [1.54, 1.807) is 6.92 Å². The highest BCUT2D eigenvalue weighted by Crippen LogP contribution is 2.20. The summed E-state index contributed by atoms with van der Waals surface area (Å²) in [5.74, 6) is -0.407. The molecule has 0 fully saturated rings. The highest BCUT2D eigenvalue weighted by molar-refractivity contribution is 7.11. The number of methoxy groups -OCH3 is 1. The number of hydrogen-bond donors (Lipinski definition) is 0. The number of nitriles is 1. The molecule has 0 atom stereocenters. The van der Waals surface area contributed by atoms with Gasteiger partial charge in [0.25, 0.3) is 0 Å². The minimum Gasteiger partial charge on any atom is -0.465 e. The van der Waals surface area contributed by atoms with Gasteiger partial charge >= 0.3 is 5.97 Å². The molecular weight excluding hydrogens is 174 g/mol. The molecule has 0 amide bonds. The van der Waals surface area contributed by atoms with E-state index in [2.05, 4.69) is 10.1 Å². The van der Waals surface area contributed by atoms with Crippen LogP contribution in [0.1, 0.15) is 20.8 Å². The molecule has 0 saturated heterocycles. The average Bonchev–Trinajstić information content (AvgIpc) is 2.45. The zero-order valence-electron chi connectivity index (χ0n) is 6.67. The van der Waals surface area contributed by atoms with Crippen molar-refractivity contribution in [1.29, 1.82) is 5.26 Å². The zero-order chi connectivity index (χ0) is 9.14. The molecule has 3 nitrogen and oxygen atoms in total. The highest BCUT2D eigenvalue weighted by Gasteiger charge is 2.14. The van der Waals surface area contributed by atoms with Gasteiger partial charge in [-0.25, -0.2) is 4.79 Å². The Morgan fingerprint density at radius 2 is 2.42 bits per heavy atom. The van der Waals surface area contributed by atoms with Gasteiger partial charge in [-0.3, -0.25) is 0 Å². The van der Waals surface area contributed by atoms with E-state index in [-0.39, 0.29) is 0 Å². The number of thiophene rings is 1. The van der Waals surface area contributed by atoms with Crippen LogP contribution in [0, 0.1) is 23.6 Å². The quantitative estimate of drug-likeness (QED) is 0.615. The third-order valence-electron chi connectivity index (χ3n) is 1.45. The van der Waals surface area contributed by atoms with Crippen molar-refractivity contribution in [1.82, 2.24) is 0 Å². The van der Waals surface area contributed by atoms with E-state index >= 15 is 0 Å². The SMILES string of the molecule is COC(=O)c1s[c]c(C#N)c1C. The summed E-state index contributed by atoms with van der Waals surface area (Å²) in [5.41, 5.74) is 1.06. The zero-order valence-corrected chi connectivity index (χ0v) is 7.49. The van der Waals surface area contributed by atoms with Crippen LogP contribution in [0.3, 0.4) is 0 Å². The molecule has 1 rings (SSSR count). The van der Waals surface area contributed by atoms with Gasteiger partial charge in [-0.05, 0) is 12.5 Å². The molecule has 0 N–H and O–H groups in total. The molecule has 0 spiro atoms. The minimum absolute atomic E-state index is 0.407. The van der Waals surface area contributed by atoms with Crippen molar-refractivity contribution in [3.8, 4) is 6.07 Å². The number of nitrogens with zero attached hydrogens (tertiary/aromatic N) is 1. The van der Waals surface area contributed by atoms with Gasteiger partial charge in [0.2, 0.25) is 0 Å². The van der Waals surface area contributed by atoms with E-state index in [0.717, 1.165) is 11.3 Å². The molecule has 0 aliphatic rings. The summed E-state index contributed by atoms with van der Waals surface area (Å²) in [6.07, 6.45) is 0. The van der Waals surface area contributed by atoms with E-state index in [1.807, 2.05) is 6.07 Å². The summed E-state index contributed by atoms with van der Waals surface area (Å²) in [6.45, 7) is 1.71. The van der Waals surface area contributed by atoms with Gasteiger partial charge in [0.15, 0.2) is 0 Å². The van der Waals surface area contributed by atoms with Crippen molar-refractivity contribution in [2.75, 3.05) is 7.11 Å². The summed E-state index contributed by atoms with van der Waals surface area (Å²) >= 11 is 1.11. The van der Waals surface area contributed by atoms with Crippen LogP contribution in [0.2, 0.25) is 0 Å². The molecule has 0 bridgehead atoms. The Labute approximate surface area is 74.2 Å². The fourth-order valence-corrected chi connectivity index (χ4v) is 1.59. The summed E-state index contributed by atoms with van der Waals surface area (Å²) < 4.78 is 4.52. The van der Waals surface area contributed by atoms with E-state index in [0.29, 0.717) is 16.0 Å². The maximum Gasteiger partial charge on any atom is 0.348 e. The second kappa shape index (κ2) is 3.37. The molecule has 1 heterocycles. The monoisotopic (exact) mass is 180 g/mol. The molecule has 1 aromatic heterocycles. The fraction of sp³-hybridized carbons (Fsp3) is 0.250. The predicted octanol–water partition coefficient (Wildman–Crippen LogP) is 1.51. The smallest absolute Gasteiger partial charge is 0.348 e. The van der Waals surface area contributed by atoms with Crippen LogP contribution in [0.15, 0.2) is 0 Å². The van der Waals surface area contributed by atoms with Crippen LogP contribution in [0.5, 0.6) is 0 Å². The van der Waals surface area contributed by atoms with Crippen molar-refractivity contribution in [3.05, 3.63) is 21.4 Å². The fourth-order valence-electron chi connectivity index (χ4n) is 0.763. The first-order chi connectivity index (χ1) is 5.70. The minimum atomic E-state index is -0.407. The molecule has 0 aliphatic carbocycles. The number of carbonyl (C=O) groups is 1. The van der Waals surface area contributed by atoms with Crippen LogP contribution in [0.25, 0.3) is 0 Å². The molecule has 0 unspecified atom stereocenters. The molecular formula is C8H6NO2S. The lowest BCUT2D eigenvalue weighted by atomic mass is 10.2. The van der Waals surface area contributed by atoms with Gasteiger partial charge in [0.05, 0.1) is 18.1 Å². The van der Waals surface area contributed by atoms with Gasteiger partial charge in [-0.1, -0.05) is 0 Å². The first kappa shape index (κ1) is 8.75. The summed E-state index contributed by atoms with van der Waals surface area (Å²) in [7, 11) is 1.31. The molecule has 12 heavy (non-hydrogen) atoms. The lowest BCUT2D eigenvalue weighted by molar-refractivity contribution is 0.0605. The van der Waals surface area contributed by atoms with Gasteiger partial charge in [0.1, 0.15) is 10.9 Å². The molecule has 4 heteroatoms. The number of carbonyl (C=O) groups excluding carboxylic acids is 1.